The van der Waals surface area contributed by atoms with Gasteiger partial charge in [-0.05, 0) is 31.5 Å². The van der Waals surface area contributed by atoms with E-state index in [0.717, 1.165) is 16.8 Å². The lowest BCUT2D eigenvalue weighted by molar-refractivity contribution is 0.199. The van der Waals surface area contributed by atoms with Crippen LogP contribution in [0.1, 0.15) is 29.8 Å². The molecular formula is C14H18N4O2. The van der Waals surface area contributed by atoms with Crippen molar-refractivity contribution in [3.05, 3.63) is 47.3 Å². The summed E-state index contributed by atoms with van der Waals surface area (Å²) in [6.07, 6.45) is 1.18. The van der Waals surface area contributed by atoms with Gasteiger partial charge in [-0.2, -0.15) is 5.10 Å². The van der Waals surface area contributed by atoms with Gasteiger partial charge in [0.25, 0.3) is 0 Å². The number of hydrogen-bond acceptors (Lipinski definition) is 3. The van der Waals surface area contributed by atoms with Gasteiger partial charge in [0.05, 0.1) is 12.3 Å². The number of aryl methyl sites for hydroxylation is 1. The summed E-state index contributed by atoms with van der Waals surface area (Å²) >= 11 is 0. The maximum atomic E-state index is 11.7. The van der Waals surface area contributed by atoms with Gasteiger partial charge < -0.3 is 15.7 Å². The van der Waals surface area contributed by atoms with Crippen LogP contribution in [0.2, 0.25) is 0 Å². The molecule has 0 saturated carbocycles. The largest absolute Gasteiger partial charge is 0.389 e. The maximum absolute atomic E-state index is 11.7. The second-order valence-corrected chi connectivity index (χ2v) is 4.63. The van der Waals surface area contributed by atoms with Crippen molar-refractivity contribution in [2.75, 3.05) is 5.32 Å². The summed E-state index contributed by atoms with van der Waals surface area (Å²) in [5.41, 5.74) is 3.37. The monoisotopic (exact) mass is 274 g/mol. The lowest BCUT2D eigenvalue weighted by atomic mass is 10.1. The summed E-state index contributed by atoms with van der Waals surface area (Å²) in [6, 6.07) is 6.78. The van der Waals surface area contributed by atoms with Crippen LogP contribution in [-0.2, 0) is 6.54 Å². The fourth-order valence-corrected chi connectivity index (χ4v) is 1.75. The third kappa shape index (κ3) is 3.58. The number of urea groups is 1. The normalized spacial score (nSPS) is 11.9. The molecule has 1 aromatic carbocycles. The molecule has 0 aliphatic rings. The van der Waals surface area contributed by atoms with Crippen LogP contribution in [0.25, 0.3) is 0 Å². The smallest absolute Gasteiger partial charge is 0.319 e. The number of aliphatic hydroxyl groups is 1. The topological polar surface area (TPSA) is 90.0 Å². The molecule has 0 aliphatic heterocycles. The Morgan fingerprint density at radius 1 is 1.40 bits per heavy atom. The Balaban J connectivity index is 1.86. The van der Waals surface area contributed by atoms with Gasteiger partial charge in [0, 0.05) is 23.5 Å². The van der Waals surface area contributed by atoms with Crippen LogP contribution in [0.15, 0.2) is 30.5 Å². The molecule has 6 nitrogen and oxygen atoms in total. The molecular weight excluding hydrogens is 256 g/mol. The van der Waals surface area contributed by atoms with Crippen molar-refractivity contribution in [3.63, 3.8) is 0 Å². The molecule has 0 spiro atoms. The summed E-state index contributed by atoms with van der Waals surface area (Å²) in [6.45, 7) is 4.01. The van der Waals surface area contributed by atoms with E-state index in [1.54, 1.807) is 37.4 Å². The van der Waals surface area contributed by atoms with Crippen LogP contribution < -0.4 is 10.6 Å². The summed E-state index contributed by atoms with van der Waals surface area (Å²) in [7, 11) is 0. The predicted molar refractivity (Wildman–Crippen MR) is 76.3 cm³/mol. The zero-order valence-corrected chi connectivity index (χ0v) is 11.5. The van der Waals surface area contributed by atoms with Crippen LogP contribution in [0.4, 0.5) is 10.5 Å². The number of carbonyl (C=O) groups is 1. The number of hydrogen-bond donors (Lipinski definition) is 4. The van der Waals surface area contributed by atoms with Crippen LogP contribution >= 0.6 is 0 Å². The van der Waals surface area contributed by atoms with E-state index in [1.807, 2.05) is 6.92 Å². The van der Waals surface area contributed by atoms with E-state index in [1.165, 1.54) is 0 Å². The second kappa shape index (κ2) is 6.21. The number of aromatic amines is 1. The average molecular weight is 274 g/mol. The molecule has 1 aromatic heterocycles. The number of H-pyrrole nitrogens is 1. The molecule has 2 rings (SSSR count). The van der Waals surface area contributed by atoms with Gasteiger partial charge in [0.15, 0.2) is 0 Å². The first-order valence-electron chi connectivity index (χ1n) is 6.38. The van der Waals surface area contributed by atoms with Crippen LogP contribution in [0, 0.1) is 6.92 Å². The molecule has 0 saturated heterocycles. The van der Waals surface area contributed by atoms with Gasteiger partial charge in [0.2, 0.25) is 0 Å². The van der Waals surface area contributed by atoms with Gasteiger partial charge in [-0.1, -0.05) is 12.1 Å². The molecule has 0 fully saturated rings. The first-order chi connectivity index (χ1) is 9.56. The molecule has 1 heterocycles. The number of amides is 2. The highest BCUT2D eigenvalue weighted by molar-refractivity contribution is 5.89. The molecule has 0 aliphatic carbocycles. The van der Waals surface area contributed by atoms with E-state index in [-0.39, 0.29) is 6.03 Å². The fourth-order valence-electron chi connectivity index (χ4n) is 1.75. The van der Waals surface area contributed by atoms with E-state index in [4.69, 9.17) is 0 Å². The number of carbonyl (C=O) groups excluding carboxylic acids is 1. The minimum atomic E-state index is -0.512. The van der Waals surface area contributed by atoms with Gasteiger partial charge in [-0.25, -0.2) is 4.79 Å². The number of rotatable bonds is 4. The molecule has 1 atom stereocenters. The number of aromatic nitrogens is 2. The maximum Gasteiger partial charge on any atom is 0.319 e. The van der Waals surface area contributed by atoms with Crippen molar-refractivity contribution in [2.45, 2.75) is 26.5 Å². The molecule has 106 valence electrons. The van der Waals surface area contributed by atoms with Crippen molar-refractivity contribution in [1.82, 2.24) is 15.5 Å². The van der Waals surface area contributed by atoms with Crippen molar-refractivity contribution >= 4 is 11.7 Å². The van der Waals surface area contributed by atoms with Gasteiger partial charge in [-0.3, -0.25) is 5.10 Å². The van der Waals surface area contributed by atoms with Gasteiger partial charge >= 0.3 is 6.03 Å². The lowest BCUT2D eigenvalue weighted by Gasteiger charge is -2.09. The lowest BCUT2D eigenvalue weighted by Crippen LogP contribution is -2.28. The number of nitrogens with one attached hydrogen (secondary N) is 3. The van der Waals surface area contributed by atoms with Crippen LogP contribution in [0.5, 0.6) is 0 Å². The number of aliphatic hydroxyl groups excluding tert-OH is 1. The average Bonchev–Trinajstić information content (AvgIpc) is 2.82. The second-order valence-electron chi connectivity index (χ2n) is 4.63. The Hall–Kier alpha value is -2.34. The first kappa shape index (κ1) is 14.1. The minimum absolute atomic E-state index is 0.282. The third-order valence-electron chi connectivity index (χ3n) is 3.02. The predicted octanol–water partition coefficient (Wildman–Crippen LogP) is 2.09. The van der Waals surface area contributed by atoms with E-state index in [0.29, 0.717) is 12.2 Å². The van der Waals surface area contributed by atoms with Crippen molar-refractivity contribution < 1.29 is 9.90 Å². The molecule has 4 N–H and O–H groups in total. The Labute approximate surface area is 117 Å². The first-order valence-corrected chi connectivity index (χ1v) is 6.38. The Bertz CT molecular complexity index is 575. The molecule has 0 bridgehead atoms. The third-order valence-corrected chi connectivity index (χ3v) is 3.02. The molecule has 2 aromatic rings. The van der Waals surface area contributed by atoms with Crippen molar-refractivity contribution in [1.29, 1.82) is 0 Å². The highest BCUT2D eigenvalue weighted by atomic mass is 16.3. The summed E-state index contributed by atoms with van der Waals surface area (Å²) in [5, 5.41) is 21.6. The minimum Gasteiger partial charge on any atom is -0.389 e. The number of nitrogens with zero attached hydrogens (tertiary/aromatic N) is 1. The Kier molecular flexibility index (Phi) is 4.37. The van der Waals surface area contributed by atoms with Crippen molar-refractivity contribution in [3.8, 4) is 0 Å². The molecule has 1 unspecified atom stereocenters. The highest BCUT2D eigenvalue weighted by Crippen LogP contribution is 2.15. The molecule has 6 heteroatoms. The SMILES string of the molecule is Cc1[nH]ncc1CNC(=O)Nc1ccc(C(C)O)cc1. The number of anilines is 1. The Morgan fingerprint density at radius 3 is 2.65 bits per heavy atom. The van der Waals surface area contributed by atoms with E-state index in [2.05, 4.69) is 20.8 Å². The van der Waals surface area contributed by atoms with E-state index < -0.39 is 6.10 Å². The van der Waals surface area contributed by atoms with E-state index >= 15 is 0 Å². The molecule has 0 radical (unpaired) electrons. The van der Waals surface area contributed by atoms with Crippen LogP contribution in [0.3, 0.4) is 0 Å². The van der Waals surface area contributed by atoms with Gasteiger partial charge in [-0.15, -0.1) is 0 Å². The zero-order chi connectivity index (χ0) is 14.5. The fraction of sp³-hybridized carbons (Fsp3) is 0.286. The summed E-state index contributed by atoms with van der Waals surface area (Å²) in [5.74, 6) is 0. The molecule has 20 heavy (non-hydrogen) atoms. The molecule has 2 amide bonds. The van der Waals surface area contributed by atoms with Crippen LogP contribution in [-0.4, -0.2) is 21.3 Å². The van der Waals surface area contributed by atoms with E-state index in [9.17, 15) is 9.90 Å². The standard InChI is InChI=1S/C14H18N4O2/c1-9-12(8-16-18-9)7-15-14(20)17-13-5-3-11(4-6-13)10(2)19/h3-6,8,10,19H,7H2,1-2H3,(H,16,18)(H2,15,17,20). The zero-order valence-electron chi connectivity index (χ0n) is 11.5. The quantitative estimate of drug-likeness (QED) is 0.688. The van der Waals surface area contributed by atoms with Crippen molar-refractivity contribution in [2.24, 2.45) is 0 Å². The Morgan fingerprint density at radius 2 is 2.10 bits per heavy atom. The van der Waals surface area contributed by atoms with Gasteiger partial charge in [0.1, 0.15) is 0 Å². The summed E-state index contributed by atoms with van der Waals surface area (Å²) in [4.78, 5) is 11.7. The number of benzene rings is 1. The summed E-state index contributed by atoms with van der Waals surface area (Å²) < 4.78 is 0. The highest BCUT2D eigenvalue weighted by Gasteiger charge is 2.05.